The Balaban J connectivity index is 1.74. The summed E-state index contributed by atoms with van der Waals surface area (Å²) in [6.45, 7) is 2.20. The first-order valence-electron chi connectivity index (χ1n) is 6.92. The quantitative estimate of drug-likeness (QED) is 0.544. The van der Waals surface area contributed by atoms with Crippen molar-refractivity contribution in [1.29, 1.82) is 0 Å². The highest BCUT2D eigenvalue weighted by Gasteiger charge is 2.12. The number of rotatable bonds is 4. The standard InChI is InChI=1S/C17H16N2O2S/c1-12-7-8-16-18-13(10-19(16)9-12)11-21-17(20)14-5-3-4-6-15(14)22-2/h3-10H,11H2,1-2H3. The number of carbonyl (C=O) groups is 1. The average Bonchev–Trinajstić information content (AvgIpc) is 2.94. The third-order valence-corrected chi connectivity index (χ3v) is 4.12. The number of carbonyl (C=O) groups excluding carboxylic acids is 1. The van der Waals surface area contributed by atoms with Gasteiger partial charge in [-0.25, -0.2) is 9.78 Å². The molecule has 0 bridgehead atoms. The molecule has 22 heavy (non-hydrogen) atoms. The molecular formula is C17H16N2O2S. The Labute approximate surface area is 133 Å². The Hall–Kier alpha value is -2.27. The molecule has 0 aliphatic heterocycles. The number of thioether (sulfide) groups is 1. The Kier molecular flexibility index (Phi) is 4.15. The van der Waals surface area contributed by atoms with Gasteiger partial charge in [-0.15, -0.1) is 11.8 Å². The van der Waals surface area contributed by atoms with Gasteiger partial charge in [0.1, 0.15) is 12.3 Å². The molecule has 3 aromatic rings. The molecule has 2 heterocycles. The number of hydrogen-bond acceptors (Lipinski definition) is 4. The molecule has 4 nitrogen and oxygen atoms in total. The van der Waals surface area contributed by atoms with E-state index in [1.165, 1.54) is 11.8 Å². The Morgan fingerprint density at radius 2 is 2.05 bits per heavy atom. The number of benzene rings is 1. The van der Waals surface area contributed by atoms with Crippen LogP contribution in [0.4, 0.5) is 0 Å². The van der Waals surface area contributed by atoms with Crippen molar-refractivity contribution in [1.82, 2.24) is 9.38 Å². The molecule has 0 fully saturated rings. The highest BCUT2D eigenvalue weighted by molar-refractivity contribution is 7.98. The van der Waals surface area contributed by atoms with Crippen LogP contribution in [0.5, 0.6) is 0 Å². The second-order valence-corrected chi connectivity index (χ2v) is 5.83. The first-order valence-corrected chi connectivity index (χ1v) is 8.14. The summed E-state index contributed by atoms with van der Waals surface area (Å²) >= 11 is 1.53. The lowest BCUT2D eigenvalue weighted by Gasteiger charge is -2.06. The van der Waals surface area contributed by atoms with Crippen molar-refractivity contribution in [3.05, 3.63) is 65.6 Å². The van der Waals surface area contributed by atoms with Crippen molar-refractivity contribution < 1.29 is 9.53 Å². The SMILES string of the molecule is CSc1ccccc1C(=O)OCc1cn2cc(C)ccc2n1. The molecule has 0 atom stereocenters. The number of imidazole rings is 1. The molecule has 0 amide bonds. The lowest BCUT2D eigenvalue weighted by molar-refractivity contribution is 0.0464. The molecule has 0 saturated heterocycles. The summed E-state index contributed by atoms with van der Waals surface area (Å²) in [6, 6.07) is 11.4. The number of esters is 1. The highest BCUT2D eigenvalue weighted by Crippen LogP contribution is 2.21. The number of nitrogens with zero attached hydrogens (tertiary/aromatic N) is 2. The molecule has 0 unspecified atom stereocenters. The summed E-state index contributed by atoms with van der Waals surface area (Å²) < 4.78 is 7.33. The van der Waals surface area contributed by atoms with Crippen LogP contribution in [-0.2, 0) is 11.3 Å². The normalized spacial score (nSPS) is 10.8. The number of hydrogen-bond donors (Lipinski definition) is 0. The maximum absolute atomic E-state index is 12.2. The summed E-state index contributed by atoms with van der Waals surface area (Å²) in [5, 5.41) is 0. The second-order valence-electron chi connectivity index (χ2n) is 4.98. The van der Waals surface area contributed by atoms with E-state index in [1.807, 2.05) is 60.3 Å². The third-order valence-electron chi connectivity index (χ3n) is 3.33. The van der Waals surface area contributed by atoms with Gasteiger partial charge in [-0.05, 0) is 36.9 Å². The molecule has 0 N–H and O–H groups in total. The first kappa shape index (κ1) is 14.7. The fourth-order valence-corrected chi connectivity index (χ4v) is 2.84. The minimum Gasteiger partial charge on any atom is -0.455 e. The van der Waals surface area contributed by atoms with Gasteiger partial charge in [-0.1, -0.05) is 18.2 Å². The Bertz CT molecular complexity index is 826. The van der Waals surface area contributed by atoms with E-state index >= 15 is 0 Å². The van der Waals surface area contributed by atoms with Crippen LogP contribution in [0.25, 0.3) is 5.65 Å². The zero-order chi connectivity index (χ0) is 15.5. The Morgan fingerprint density at radius 1 is 1.23 bits per heavy atom. The van der Waals surface area contributed by atoms with Crippen LogP contribution in [0.2, 0.25) is 0 Å². The zero-order valence-corrected chi connectivity index (χ0v) is 13.3. The smallest absolute Gasteiger partial charge is 0.339 e. The first-order chi connectivity index (χ1) is 10.7. The summed E-state index contributed by atoms with van der Waals surface area (Å²) in [6.07, 6.45) is 5.82. The lowest BCUT2D eigenvalue weighted by atomic mass is 10.2. The number of fused-ring (bicyclic) bond motifs is 1. The average molecular weight is 312 g/mol. The number of aromatic nitrogens is 2. The van der Waals surface area contributed by atoms with Crippen LogP contribution < -0.4 is 0 Å². The minimum atomic E-state index is -0.321. The predicted molar refractivity (Wildman–Crippen MR) is 87.3 cm³/mol. The van der Waals surface area contributed by atoms with Crippen molar-refractivity contribution in [2.75, 3.05) is 6.26 Å². The zero-order valence-electron chi connectivity index (χ0n) is 12.4. The van der Waals surface area contributed by atoms with Gasteiger partial charge in [0.2, 0.25) is 0 Å². The molecule has 0 radical (unpaired) electrons. The van der Waals surface area contributed by atoms with Gasteiger partial charge in [-0.3, -0.25) is 0 Å². The second kappa shape index (κ2) is 6.23. The molecular weight excluding hydrogens is 296 g/mol. The molecule has 5 heteroatoms. The van der Waals surface area contributed by atoms with Gasteiger partial charge in [0.05, 0.1) is 11.3 Å². The van der Waals surface area contributed by atoms with Gasteiger partial charge in [0.25, 0.3) is 0 Å². The van der Waals surface area contributed by atoms with E-state index in [0.717, 1.165) is 21.8 Å². The fraction of sp³-hybridized carbons (Fsp3) is 0.176. The van der Waals surface area contributed by atoms with Gasteiger partial charge in [-0.2, -0.15) is 0 Å². The van der Waals surface area contributed by atoms with Gasteiger partial charge in [0, 0.05) is 17.3 Å². The van der Waals surface area contributed by atoms with Crippen LogP contribution in [-0.4, -0.2) is 21.6 Å². The van der Waals surface area contributed by atoms with E-state index in [-0.39, 0.29) is 12.6 Å². The van der Waals surface area contributed by atoms with Crippen LogP contribution in [0, 0.1) is 6.92 Å². The van der Waals surface area contributed by atoms with E-state index < -0.39 is 0 Å². The van der Waals surface area contributed by atoms with Crippen LogP contribution >= 0.6 is 11.8 Å². The molecule has 0 saturated carbocycles. The van der Waals surface area contributed by atoms with Crippen LogP contribution in [0.1, 0.15) is 21.6 Å². The molecule has 0 aliphatic carbocycles. The maximum Gasteiger partial charge on any atom is 0.339 e. The maximum atomic E-state index is 12.2. The van der Waals surface area contributed by atoms with Crippen molar-refractivity contribution in [3.63, 3.8) is 0 Å². The van der Waals surface area contributed by atoms with E-state index in [9.17, 15) is 4.79 Å². The summed E-state index contributed by atoms with van der Waals surface area (Å²) in [5.41, 5.74) is 3.33. The van der Waals surface area contributed by atoms with E-state index in [1.54, 1.807) is 6.07 Å². The van der Waals surface area contributed by atoms with Crippen molar-refractivity contribution in [3.8, 4) is 0 Å². The summed E-state index contributed by atoms with van der Waals surface area (Å²) in [7, 11) is 0. The predicted octanol–water partition coefficient (Wildman–Crippen LogP) is 3.72. The highest BCUT2D eigenvalue weighted by atomic mass is 32.2. The van der Waals surface area contributed by atoms with E-state index in [2.05, 4.69) is 4.98 Å². The largest absolute Gasteiger partial charge is 0.455 e. The molecule has 112 valence electrons. The third kappa shape index (κ3) is 2.99. The number of aryl methyl sites for hydroxylation is 1. The van der Waals surface area contributed by atoms with Gasteiger partial charge >= 0.3 is 5.97 Å². The lowest BCUT2D eigenvalue weighted by Crippen LogP contribution is -2.06. The van der Waals surface area contributed by atoms with Crippen molar-refractivity contribution in [2.24, 2.45) is 0 Å². The molecule has 1 aromatic carbocycles. The van der Waals surface area contributed by atoms with Crippen molar-refractivity contribution >= 4 is 23.4 Å². The minimum absolute atomic E-state index is 0.169. The number of ether oxygens (including phenoxy) is 1. The monoisotopic (exact) mass is 312 g/mol. The summed E-state index contributed by atoms with van der Waals surface area (Å²) in [4.78, 5) is 17.6. The summed E-state index contributed by atoms with van der Waals surface area (Å²) in [5.74, 6) is -0.321. The van der Waals surface area contributed by atoms with E-state index in [4.69, 9.17) is 4.74 Å². The van der Waals surface area contributed by atoms with Crippen molar-refractivity contribution in [2.45, 2.75) is 18.4 Å². The fourth-order valence-electron chi connectivity index (χ4n) is 2.26. The molecule has 0 aliphatic rings. The van der Waals surface area contributed by atoms with Crippen LogP contribution in [0.3, 0.4) is 0 Å². The van der Waals surface area contributed by atoms with Gasteiger partial charge in [0.15, 0.2) is 0 Å². The van der Waals surface area contributed by atoms with Gasteiger partial charge < -0.3 is 9.14 Å². The van der Waals surface area contributed by atoms with E-state index in [0.29, 0.717) is 5.56 Å². The molecule has 0 spiro atoms. The molecule has 3 rings (SSSR count). The number of pyridine rings is 1. The van der Waals surface area contributed by atoms with Crippen LogP contribution in [0.15, 0.2) is 53.7 Å². The topological polar surface area (TPSA) is 43.6 Å². The Morgan fingerprint density at radius 3 is 2.86 bits per heavy atom. The molecule has 2 aromatic heterocycles.